The van der Waals surface area contributed by atoms with Crippen molar-refractivity contribution in [1.82, 2.24) is 14.9 Å². The van der Waals surface area contributed by atoms with Crippen LogP contribution in [0.15, 0.2) is 36.8 Å². The van der Waals surface area contributed by atoms with Gasteiger partial charge in [-0.05, 0) is 18.2 Å². The molecule has 1 aromatic heterocycles. The fourth-order valence-electron chi connectivity index (χ4n) is 1.73. The zero-order chi connectivity index (χ0) is 12.1. The molecule has 0 amide bonds. The molecule has 0 saturated heterocycles. The lowest BCUT2D eigenvalue weighted by atomic mass is 10.1. The fraction of sp³-hybridized carbons (Fsp3) is 0.308. The second kappa shape index (κ2) is 5.61. The first-order valence-electron chi connectivity index (χ1n) is 5.65. The third-order valence-electron chi connectivity index (χ3n) is 2.62. The number of hydrogen-bond donors (Lipinski definition) is 2. The van der Waals surface area contributed by atoms with Crippen LogP contribution in [0.4, 0.5) is 0 Å². The minimum absolute atomic E-state index is 0.0949. The molecule has 0 spiro atoms. The average Bonchev–Trinajstić information content (AvgIpc) is 2.78. The van der Waals surface area contributed by atoms with E-state index in [1.165, 1.54) is 5.56 Å². The Morgan fingerprint density at radius 1 is 1.24 bits per heavy atom. The molecule has 0 aliphatic heterocycles. The molecule has 0 aliphatic rings. The summed E-state index contributed by atoms with van der Waals surface area (Å²) in [5.41, 5.74) is 3.19. The molecule has 0 bridgehead atoms. The van der Waals surface area contributed by atoms with Gasteiger partial charge in [-0.3, -0.25) is 0 Å². The van der Waals surface area contributed by atoms with Crippen molar-refractivity contribution in [3.8, 4) is 0 Å². The van der Waals surface area contributed by atoms with E-state index >= 15 is 0 Å². The molecule has 0 aliphatic carbocycles. The van der Waals surface area contributed by atoms with Crippen molar-refractivity contribution < 1.29 is 5.11 Å². The fourth-order valence-corrected chi connectivity index (χ4v) is 1.73. The molecule has 0 atom stereocenters. The molecule has 4 nitrogen and oxygen atoms in total. The number of imidazole rings is 1. The second-order valence-electron chi connectivity index (χ2n) is 4.04. The number of nitrogens with zero attached hydrogens (tertiary/aromatic N) is 2. The molecule has 0 radical (unpaired) electrons. The summed E-state index contributed by atoms with van der Waals surface area (Å²) in [5, 5.41) is 12.0. The van der Waals surface area contributed by atoms with E-state index in [1.54, 1.807) is 0 Å². The van der Waals surface area contributed by atoms with Crippen molar-refractivity contribution in [2.45, 2.75) is 19.7 Å². The number of benzene rings is 1. The van der Waals surface area contributed by atoms with Crippen LogP contribution in [0.3, 0.4) is 0 Å². The van der Waals surface area contributed by atoms with Gasteiger partial charge < -0.3 is 15.0 Å². The Morgan fingerprint density at radius 2 is 1.94 bits per heavy atom. The van der Waals surface area contributed by atoms with Gasteiger partial charge in [-0.25, -0.2) is 4.98 Å². The first kappa shape index (κ1) is 11.8. The highest BCUT2D eigenvalue weighted by Crippen LogP contribution is 2.07. The normalized spacial score (nSPS) is 10.7. The Hall–Kier alpha value is -1.65. The van der Waals surface area contributed by atoms with Crippen LogP contribution in [0.5, 0.6) is 0 Å². The van der Waals surface area contributed by atoms with E-state index in [2.05, 4.69) is 14.9 Å². The minimum Gasteiger partial charge on any atom is -0.392 e. The third-order valence-corrected chi connectivity index (χ3v) is 2.62. The third kappa shape index (κ3) is 3.15. The maximum Gasteiger partial charge on any atom is 0.0953 e. The number of hydrogen-bond acceptors (Lipinski definition) is 3. The quantitative estimate of drug-likeness (QED) is 0.811. The average molecular weight is 231 g/mol. The molecule has 1 aromatic carbocycles. The van der Waals surface area contributed by atoms with Crippen LogP contribution >= 0.6 is 0 Å². The van der Waals surface area contributed by atoms with Crippen LogP contribution in [-0.4, -0.2) is 21.7 Å². The Labute approximate surface area is 101 Å². The monoisotopic (exact) mass is 231 g/mol. The summed E-state index contributed by atoms with van der Waals surface area (Å²) in [7, 11) is 1.91. The molecule has 2 rings (SSSR count). The Morgan fingerprint density at radius 3 is 2.59 bits per heavy atom. The van der Waals surface area contributed by atoms with Crippen LogP contribution in [0.1, 0.15) is 16.8 Å². The lowest BCUT2D eigenvalue weighted by Gasteiger charge is -2.03. The molecule has 90 valence electrons. The predicted octanol–water partition coefficient (Wildman–Crippen LogP) is 1.14. The topological polar surface area (TPSA) is 50.1 Å². The van der Waals surface area contributed by atoms with Crippen LogP contribution in [0.25, 0.3) is 0 Å². The van der Waals surface area contributed by atoms with Gasteiger partial charge >= 0.3 is 0 Å². The lowest BCUT2D eigenvalue weighted by Crippen LogP contribution is -2.05. The van der Waals surface area contributed by atoms with E-state index in [4.69, 9.17) is 5.11 Å². The van der Waals surface area contributed by atoms with Crippen LogP contribution in [0, 0.1) is 0 Å². The van der Waals surface area contributed by atoms with Crippen molar-refractivity contribution in [3.63, 3.8) is 0 Å². The number of nitrogens with one attached hydrogen (secondary N) is 1. The second-order valence-corrected chi connectivity index (χ2v) is 4.04. The summed E-state index contributed by atoms with van der Waals surface area (Å²) in [4.78, 5) is 4.30. The van der Waals surface area contributed by atoms with Crippen molar-refractivity contribution in [2.75, 3.05) is 7.05 Å². The zero-order valence-electron chi connectivity index (χ0n) is 9.93. The van der Waals surface area contributed by atoms with E-state index in [9.17, 15) is 0 Å². The molecule has 1 heterocycles. The molecule has 0 fully saturated rings. The van der Waals surface area contributed by atoms with Crippen molar-refractivity contribution in [2.24, 2.45) is 0 Å². The maximum absolute atomic E-state index is 8.96. The van der Waals surface area contributed by atoms with Gasteiger partial charge in [-0.2, -0.15) is 0 Å². The molecule has 2 aromatic rings. The van der Waals surface area contributed by atoms with Crippen LogP contribution in [-0.2, 0) is 19.7 Å². The molecule has 0 unspecified atom stereocenters. The van der Waals surface area contributed by atoms with Crippen molar-refractivity contribution in [3.05, 3.63) is 53.6 Å². The van der Waals surface area contributed by atoms with E-state index in [0.29, 0.717) is 0 Å². The first-order valence-corrected chi connectivity index (χ1v) is 5.65. The van der Waals surface area contributed by atoms with Crippen LogP contribution in [0.2, 0.25) is 0 Å². The van der Waals surface area contributed by atoms with Gasteiger partial charge in [0.2, 0.25) is 0 Å². The smallest absolute Gasteiger partial charge is 0.0953 e. The molecule has 4 heteroatoms. The molecule has 2 N–H and O–H groups in total. The number of aliphatic hydroxyl groups is 1. The lowest BCUT2D eigenvalue weighted by molar-refractivity contribution is 0.282. The summed E-state index contributed by atoms with van der Waals surface area (Å²) in [6.45, 7) is 1.69. The predicted molar refractivity (Wildman–Crippen MR) is 66.5 cm³/mol. The number of aromatic nitrogens is 2. The summed E-state index contributed by atoms with van der Waals surface area (Å²) < 4.78 is 2.06. The van der Waals surface area contributed by atoms with Gasteiger partial charge in [0.1, 0.15) is 0 Å². The Kier molecular flexibility index (Phi) is 3.90. The molecule has 17 heavy (non-hydrogen) atoms. The first-order chi connectivity index (χ1) is 8.31. The molecular formula is C13H17N3O. The van der Waals surface area contributed by atoms with Crippen molar-refractivity contribution in [1.29, 1.82) is 0 Å². The van der Waals surface area contributed by atoms with Gasteiger partial charge in [0.15, 0.2) is 0 Å². The molecule has 0 saturated carbocycles. The highest BCUT2D eigenvalue weighted by molar-refractivity contribution is 5.22. The van der Waals surface area contributed by atoms with E-state index in [0.717, 1.165) is 24.3 Å². The maximum atomic E-state index is 8.96. The largest absolute Gasteiger partial charge is 0.392 e. The van der Waals surface area contributed by atoms with Crippen LogP contribution < -0.4 is 5.32 Å². The van der Waals surface area contributed by atoms with Gasteiger partial charge in [-0.15, -0.1) is 0 Å². The highest BCUT2D eigenvalue weighted by Gasteiger charge is 1.99. The SMILES string of the molecule is CNCc1cn(Cc2ccc(CO)cc2)cn1. The van der Waals surface area contributed by atoms with E-state index < -0.39 is 0 Å². The summed E-state index contributed by atoms with van der Waals surface area (Å²) in [6.07, 6.45) is 3.88. The Balaban J connectivity index is 2.03. The van der Waals surface area contributed by atoms with Gasteiger partial charge in [0.25, 0.3) is 0 Å². The summed E-state index contributed by atoms with van der Waals surface area (Å²) >= 11 is 0. The standard InChI is InChI=1S/C13H17N3O/c1-14-6-13-8-16(10-15-13)7-11-2-4-12(9-17)5-3-11/h2-5,8,10,14,17H,6-7,9H2,1H3. The molecular weight excluding hydrogens is 214 g/mol. The van der Waals surface area contributed by atoms with E-state index in [-0.39, 0.29) is 6.61 Å². The van der Waals surface area contributed by atoms with Gasteiger partial charge in [-0.1, -0.05) is 24.3 Å². The summed E-state index contributed by atoms with van der Waals surface area (Å²) in [5.74, 6) is 0. The van der Waals surface area contributed by atoms with Gasteiger partial charge in [0.05, 0.1) is 18.6 Å². The van der Waals surface area contributed by atoms with Crippen molar-refractivity contribution >= 4 is 0 Å². The highest BCUT2D eigenvalue weighted by atomic mass is 16.3. The Bertz CT molecular complexity index is 462. The van der Waals surface area contributed by atoms with E-state index in [1.807, 2.05) is 43.8 Å². The summed E-state index contributed by atoms with van der Waals surface area (Å²) in [6, 6.07) is 7.95. The minimum atomic E-state index is 0.0949. The number of aliphatic hydroxyl groups excluding tert-OH is 1. The van der Waals surface area contributed by atoms with Gasteiger partial charge in [0, 0.05) is 19.3 Å². The number of rotatable bonds is 5. The zero-order valence-corrected chi connectivity index (χ0v) is 9.93.